The van der Waals surface area contributed by atoms with Gasteiger partial charge in [0.2, 0.25) is 0 Å². The van der Waals surface area contributed by atoms with Crippen molar-refractivity contribution >= 4 is 17.3 Å². The number of nitrogens with zero attached hydrogens (tertiary/aromatic N) is 3. The number of nitrogens with one attached hydrogen (secondary N) is 4. The normalized spacial score (nSPS) is 12.6. The van der Waals surface area contributed by atoms with E-state index in [1.165, 1.54) is 0 Å². The first-order chi connectivity index (χ1) is 26.8. The van der Waals surface area contributed by atoms with Crippen LogP contribution in [0.5, 0.6) is 0 Å². The van der Waals surface area contributed by atoms with Gasteiger partial charge >= 0.3 is 0 Å². The van der Waals surface area contributed by atoms with Gasteiger partial charge in [0.25, 0.3) is 0 Å². The van der Waals surface area contributed by atoms with Crippen molar-refractivity contribution in [2.75, 3.05) is 15.8 Å². The minimum Gasteiger partial charge on any atom is -0.353 e. The molecule has 0 atom stereocenters. The Bertz CT molecular complexity index is 2230. The summed E-state index contributed by atoms with van der Waals surface area (Å²) in [6, 6.07) is 66.0. The molecule has 0 amide bonds. The number of aromatic amines is 1. The van der Waals surface area contributed by atoms with Gasteiger partial charge in [0.15, 0.2) is 5.82 Å². The third-order valence-electron chi connectivity index (χ3n) is 10.4. The molecule has 3 heterocycles. The van der Waals surface area contributed by atoms with Gasteiger partial charge in [-0.05, 0) is 50.6 Å². The molecule has 9 rings (SSSR count). The van der Waals surface area contributed by atoms with Crippen molar-refractivity contribution < 1.29 is 0 Å². The van der Waals surface area contributed by atoms with E-state index in [4.69, 9.17) is 4.98 Å². The van der Waals surface area contributed by atoms with E-state index in [0.29, 0.717) is 6.42 Å². The number of hydrogen-bond acceptors (Lipinski definition) is 6. The predicted octanol–water partition coefficient (Wildman–Crippen LogP) is 9.44. The highest BCUT2D eigenvalue weighted by Gasteiger charge is 2.47. The summed E-state index contributed by atoms with van der Waals surface area (Å²) < 4.78 is 0. The highest BCUT2D eigenvalue weighted by Crippen LogP contribution is 2.49. The van der Waals surface area contributed by atoms with Gasteiger partial charge in [0.1, 0.15) is 16.9 Å². The van der Waals surface area contributed by atoms with Crippen molar-refractivity contribution in [1.82, 2.24) is 20.7 Å². The van der Waals surface area contributed by atoms with Crippen LogP contribution < -0.4 is 21.3 Å². The van der Waals surface area contributed by atoms with Crippen LogP contribution in [-0.4, -0.2) is 15.2 Å². The summed E-state index contributed by atoms with van der Waals surface area (Å²) in [7, 11) is 0. The van der Waals surface area contributed by atoms with Crippen molar-refractivity contribution in [3.05, 3.63) is 245 Å². The fourth-order valence-corrected chi connectivity index (χ4v) is 7.98. The van der Waals surface area contributed by atoms with Gasteiger partial charge in [0, 0.05) is 12.6 Å². The zero-order valence-corrected chi connectivity index (χ0v) is 29.6. The lowest BCUT2D eigenvalue weighted by atomic mass is 9.76. The Labute approximate surface area is 315 Å². The molecule has 6 aromatic carbocycles. The number of hydrazine groups is 2. The van der Waals surface area contributed by atoms with Crippen LogP contribution in [-0.2, 0) is 17.5 Å². The van der Waals surface area contributed by atoms with Gasteiger partial charge < -0.3 is 5.32 Å². The molecule has 0 bridgehead atoms. The van der Waals surface area contributed by atoms with Crippen LogP contribution in [0, 0.1) is 0 Å². The van der Waals surface area contributed by atoms with Crippen LogP contribution in [0.4, 0.5) is 17.3 Å². The summed E-state index contributed by atoms with van der Waals surface area (Å²) in [4.78, 5) is 5.59. The molecule has 2 aromatic heterocycles. The first-order valence-corrected chi connectivity index (χ1v) is 18.2. The summed E-state index contributed by atoms with van der Waals surface area (Å²) >= 11 is 0. The summed E-state index contributed by atoms with van der Waals surface area (Å²) in [6.45, 7) is 0. The fraction of sp³-hybridized carbons (Fsp3) is 0.0638. The van der Waals surface area contributed by atoms with Gasteiger partial charge in [-0.1, -0.05) is 182 Å². The average molecular weight is 702 g/mol. The molecule has 1 aliphatic heterocycles. The second kappa shape index (κ2) is 14.2. The number of benzene rings is 6. The summed E-state index contributed by atoms with van der Waals surface area (Å²) in [5.74, 6) is 1.49. The van der Waals surface area contributed by atoms with Crippen LogP contribution in [0.15, 0.2) is 200 Å². The first kappa shape index (κ1) is 32.9. The predicted molar refractivity (Wildman–Crippen MR) is 217 cm³/mol. The molecule has 0 fully saturated rings. The van der Waals surface area contributed by atoms with Crippen molar-refractivity contribution in [2.45, 2.75) is 17.5 Å². The molecule has 0 saturated heterocycles. The third kappa shape index (κ3) is 5.68. The van der Waals surface area contributed by atoms with Gasteiger partial charge in [-0.2, -0.15) is 5.10 Å². The molecular formula is C47H39N7. The molecule has 0 spiro atoms. The van der Waals surface area contributed by atoms with Crippen LogP contribution >= 0.6 is 0 Å². The molecule has 0 unspecified atom stereocenters. The lowest BCUT2D eigenvalue weighted by Crippen LogP contribution is -2.54. The minimum absolute atomic E-state index is 0.628. The maximum absolute atomic E-state index is 5.59. The van der Waals surface area contributed by atoms with E-state index in [0.717, 1.165) is 61.8 Å². The number of pyridine rings is 1. The summed E-state index contributed by atoms with van der Waals surface area (Å²) in [5.41, 5.74) is 15.2. The Balaban J connectivity index is 1.31. The number of aromatic nitrogens is 3. The second-order valence-electron chi connectivity index (χ2n) is 13.5. The molecule has 0 aliphatic carbocycles. The first-order valence-electron chi connectivity index (χ1n) is 18.2. The van der Waals surface area contributed by atoms with Gasteiger partial charge in [0.05, 0.1) is 11.9 Å². The maximum atomic E-state index is 5.59. The largest absolute Gasteiger partial charge is 0.353 e. The average Bonchev–Trinajstić information content (AvgIpc) is 3.93. The summed E-state index contributed by atoms with van der Waals surface area (Å²) in [5, 5.41) is 13.5. The fourth-order valence-electron chi connectivity index (χ4n) is 7.98. The maximum Gasteiger partial charge on any atom is 0.173 e. The second-order valence-corrected chi connectivity index (χ2v) is 13.5. The molecule has 1 aliphatic rings. The zero-order chi connectivity index (χ0) is 36.2. The summed E-state index contributed by atoms with van der Waals surface area (Å²) in [6.07, 6.45) is 4.46. The van der Waals surface area contributed by atoms with Crippen molar-refractivity contribution in [2.24, 2.45) is 0 Å². The van der Waals surface area contributed by atoms with E-state index in [2.05, 4.69) is 220 Å². The Morgan fingerprint density at radius 3 is 1.37 bits per heavy atom. The Hall–Kier alpha value is -6.96. The van der Waals surface area contributed by atoms with Gasteiger partial charge in [-0.25, -0.2) is 4.98 Å². The number of rotatable bonds is 11. The van der Waals surface area contributed by atoms with Gasteiger partial charge in [-0.15, -0.1) is 5.53 Å². The molecule has 0 radical (unpaired) electrons. The molecule has 4 N–H and O–H groups in total. The highest BCUT2D eigenvalue weighted by molar-refractivity contribution is 5.80. The van der Waals surface area contributed by atoms with Crippen LogP contribution in [0.25, 0.3) is 0 Å². The molecule has 7 heteroatoms. The van der Waals surface area contributed by atoms with Gasteiger partial charge in [-0.3, -0.25) is 15.5 Å². The topological polar surface area (TPSA) is 80.9 Å². The van der Waals surface area contributed by atoms with E-state index in [1.807, 2.05) is 12.4 Å². The smallest absolute Gasteiger partial charge is 0.173 e. The number of fused-ring (bicyclic) bond motifs is 1. The van der Waals surface area contributed by atoms with E-state index in [9.17, 15) is 0 Å². The molecule has 7 nitrogen and oxygen atoms in total. The SMILES string of the molecule is c1ccc(C(Nc2cc(Cc3cn[nH]c3)c3c(n2)N(C(c2ccccc2)(c2ccccc2)c2ccccc2)NN3)(c2ccccc2)c2ccccc2)cc1. The van der Waals surface area contributed by atoms with E-state index in [1.54, 1.807) is 0 Å². The molecular weight excluding hydrogens is 663 g/mol. The Morgan fingerprint density at radius 2 is 0.963 bits per heavy atom. The number of H-pyrrole nitrogens is 1. The lowest BCUT2D eigenvalue weighted by molar-refractivity contribution is 0.517. The molecule has 0 saturated carbocycles. The van der Waals surface area contributed by atoms with Crippen LogP contribution in [0.2, 0.25) is 0 Å². The Morgan fingerprint density at radius 1 is 0.537 bits per heavy atom. The minimum atomic E-state index is -0.823. The number of hydrogen-bond donors (Lipinski definition) is 4. The zero-order valence-electron chi connectivity index (χ0n) is 29.6. The highest BCUT2D eigenvalue weighted by atomic mass is 15.8. The third-order valence-corrected chi connectivity index (χ3v) is 10.4. The number of anilines is 3. The van der Waals surface area contributed by atoms with E-state index < -0.39 is 11.1 Å². The van der Waals surface area contributed by atoms with Crippen molar-refractivity contribution in [3.8, 4) is 0 Å². The van der Waals surface area contributed by atoms with Crippen molar-refractivity contribution in [3.63, 3.8) is 0 Å². The molecule has 262 valence electrons. The Kier molecular flexibility index (Phi) is 8.67. The van der Waals surface area contributed by atoms with Crippen LogP contribution in [0.3, 0.4) is 0 Å². The standard InChI is InChI=1S/C47H39N7/c1-7-19-37(20-8-1)46(38-21-9-2-10-22-38,39-23-11-3-12-24-39)51-43-32-36(31-35-33-48-49-34-35)44-45(50-43)54(53-52-44)47(40-25-13-4-14-26-40,41-27-15-5-16-28-41)42-29-17-6-18-30-42/h1-30,32-34,52-53H,31H2,(H,48,49)(H,50,51). The lowest BCUT2D eigenvalue weighted by Gasteiger charge is -2.43. The molecule has 54 heavy (non-hydrogen) atoms. The van der Waals surface area contributed by atoms with E-state index in [-0.39, 0.29) is 0 Å². The quantitative estimate of drug-likeness (QED) is 0.101. The van der Waals surface area contributed by atoms with Crippen molar-refractivity contribution in [1.29, 1.82) is 0 Å². The monoisotopic (exact) mass is 701 g/mol. The van der Waals surface area contributed by atoms with Crippen LogP contribution in [0.1, 0.15) is 44.5 Å². The molecule has 8 aromatic rings. The van der Waals surface area contributed by atoms with E-state index >= 15 is 0 Å².